The molecule has 2 N–H and O–H groups in total. The summed E-state index contributed by atoms with van der Waals surface area (Å²) in [6, 6.07) is 2.60. The molecular formula is C12H12BrFKNO4. The molecule has 5 nitrogen and oxygen atoms in total. The smallest absolute Gasteiger partial charge is 0.550 e. The van der Waals surface area contributed by atoms with Crippen molar-refractivity contribution in [1.82, 2.24) is 0 Å². The van der Waals surface area contributed by atoms with E-state index in [9.17, 15) is 19.1 Å². The molecular weight excluding hydrogens is 360 g/mol. The minimum absolute atomic E-state index is 0. The van der Waals surface area contributed by atoms with Gasteiger partial charge in [0.05, 0.1) is 17.0 Å². The second kappa shape index (κ2) is 9.24. The van der Waals surface area contributed by atoms with Crippen LogP contribution in [0.4, 0.5) is 10.1 Å². The fourth-order valence-corrected chi connectivity index (χ4v) is 1.80. The van der Waals surface area contributed by atoms with E-state index in [2.05, 4.69) is 21.2 Å². The van der Waals surface area contributed by atoms with Gasteiger partial charge in [-0.2, -0.15) is 0 Å². The van der Waals surface area contributed by atoms with Gasteiger partial charge in [-0.05, 0) is 40.5 Å². The van der Waals surface area contributed by atoms with Crippen molar-refractivity contribution in [3.63, 3.8) is 0 Å². The molecule has 0 aliphatic heterocycles. The van der Waals surface area contributed by atoms with Crippen LogP contribution in [0.2, 0.25) is 0 Å². The van der Waals surface area contributed by atoms with Crippen molar-refractivity contribution in [2.75, 3.05) is 11.9 Å². The van der Waals surface area contributed by atoms with Gasteiger partial charge in [0, 0.05) is 18.1 Å². The van der Waals surface area contributed by atoms with Crippen LogP contribution in [0.1, 0.15) is 12.0 Å². The van der Waals surface area contributed by atoms with E-state index >= 15 is 0 Å². The number of aliphatic hydroxyl groups is 1. The first-order valence-electron chi connectivity index (χ1n) is 5.42. The zero-order valence-corrected chi connectivity index (χ0v) is 15.8. The number of amides is 1. The molecule has 0 radical (unpaired) electrons. The average Bonchev–Trinajstić information content (AvgIpc) is 2.32. The van der Waals surface area contributed by atoms with Crippen molar-refractivity contribution in [2.45, 2.75) is 13.3 Å². The molecule has 0 saturated carbocycles. The molecule has 0 fully saturated rings. The summed E-state index contributed by atoms with van der Waals surface area (Å²) in [5.41, 5.74) is 0.828. The molecule has 0 aromatic heterocycles. The maximum atomic E-state index is 13.2. The van der Waals surface area contributed by atoms with E-state index in [0.29, 0.717) is 11.3 Å². The van der Waals surface area contributed by atoms with E-state index in [-0.39, 0.29) is 55.9 Å². The van der Waals surface area contributed by atoms with Crippen LogP contribution in [0, 0.1) is 18.7 Å². The molecule has 0 saturated heterocycles. The number of hydrogen-bond donors (Lipinski definition) is 2. The van der Waals surface area contributed by atoms with Crippen molar-refractivity contribution in [2.24, 2.45) is 5.92 Å². The number of hydrogen-bond acceptors (Lipinski definition) is 4. The van der Waals surface area contributed by atoms with Crippen LogP contribution in [0.25, 0.3) is 0 Å². The minimum Gasteiger partial charge on any atom is -0.550 e. The average molecular weight is 372 g/mol. The number of anilines is 1. The summed E-state index contributed by atoms with van der Waals surface area (Å²) in [6.07, 6.45) is -0.580. The number of nitrogens with one attached hydrogen (secondary N) is 1. The molecule has 1 aromatic carbocycles. The van der Waals surface area contributed by atoms with Crippen molar-refractivity contribution >= 4 is 33.5 Å². The van der Waals surface area contributed by atoms with Crippen molar-refractivity contribution in [1.29, 1.82) is 0 Å². The Labute approximate surface area is 166 Å². The zero-order chi connectivity index (χ0) is 14.6. The normalized spacial score (nSPS) is 11.4. The number of aliphatic hydroxyl groups excluding tert-OH is 1. The molecule has 0 aliphatic carbocycles. The Bertz CT molecular complexity index is 512. The first kappa shape index (κ1) is 20.2. The summed E-state index contributed by atoms with van der Waals surface area (Å²) in [4.78, 5) is 22.2. The molecule has 0 bridgehead atoms. The van der Waals surface area contributed by atoms with Gasteiger partial charge in [0.15, 0.2) is 0 Å². The summed E-state index contributed by atoms with van der Waals surface area (Å²) >= 11 is 2.98. The Kier molecular flexibility index (Phi) is 9.32. The SMILES string of the molecule is Cc1cc(F)c(Br)cc1NC(=O)C(CO)CC(=O)[O-].[K+]. The van der Waals surface area contributed by atoms with Gasteiger partial charge < -0.3 is 20.3 Å². The van der Waals surface area contributed by atoms with Gasteiger partial charge in [-0.1, -0.05) is 0 Å². The number of carbonyl (C=O) groups excluding carboxylic acids is 2. The van der Waals surface area contributed by atoms with Crippen LogP contribution in [0.3, 0.4) is 0 Å². The van der Waals surface area contributed by atoms with Crippen LogP contribution in [-0.2, 0) is 9.59 Å². The number of aryl methyl sites for hydroxylation is 1. The van der Waals surface area contributed by atoms with E-state index in [1.807, 2.05) is 0 Å². The van der Waals surface area contributed by atoms with Crippen LogP contribution in [-0.4, -0.2) is 23.6 Å². The summed E-state index contributed by atoms with van der Waals surface area (Å²) in [5.74, 6) is -3.66. The third kappa shape index (κ3) is 5.88. The Morgan fingerprint density at radius 2 is 2.10 bits per heavy atom. The Balaban J connectivity index is 0.00000361. The molecule has 1 amide bonds. The molecule has 1 aromatic rings. The van der Waals surface area contributed by atoms with Crippen molar-refractivity contribution < 1.29 is 75.6 Å². The molecule has 1 unspecified atom stereocenters. The number of benzene rings is 1. The predicted molar refractivity (Wildman–Crippen MR) is 67.7 cm³/mol. The van der Waals surface area contributed by atoms with E-state index in [0.717, 1.165) is 0 Å². The van der Waals surface area contributed by atoms with Crippen LogP contribution >= 0.6 is 15.9 Å². The number of carboxylic acid groups (broad SMARTS) is 1. The standard InChI is InChI=1S/C12H13BrFNO4.K/c1-6-2-9(14)8(13)4-10(6)15-12(19)7(5-16)3-11(17)18;/h2,4,7,16H,3,5H2,1H3,(H,15,19)(H,17,18);/q;+1/p-1. The van der Waals surface area contributed by atoms with Gasteiger partial charge in [0.25, 0.3) is 0 Å². The Morgan fingerprint density at radius 1 is 1.50 bits per heavy atom. The summed E-state index contributed by atoms with van der Waals surface area (Å²) < 4.78 is 13.4. The Hall–Kier alpha value is 0.166. The molecule has 20 heavy (non-hydrogen) atoms. The summed E-state index contributed by atoms with van der Waals surface area (Å²) in [5, 5.41) is 21.8. The molecule has 1 atom stereocenters. The van der Waals surface area contributed by atoms with Crippen molar-refractivity contribution in [3.05, 3.63) is 28.0 Å². The first-order valence-corrected chi connectivity index (χ1v) is 6.21. The number of carbonyl (C=O) groups is 2. The van der Waals surface area contributed by atoms with E-state index < -0.39 is 36.6 Å². The van der Waals surface area contributed by atoms with Gasteiger partial charge in [-0.25, -0.2) is 4.39 Å². The summed E-state index contributed by atoms with van der Waals surface area (Å²) in [6.45, 7) is 0.985. The first-order chi connectivity index (χ1) is 8.85. The van der Waals surface area contributed by atoms with Gasteiger partial charge >= 0.3 is 51.4 Å². The molecule has 8 heteroatoms. The second-order valence-corrected chi connectivity index (χ2v) is 4.88. The number of carboxylic acids is 1. The monoisotopic (exact) mass is 371 g/mol. The van der Waals surface area contributed by atoms with Crippen molar-refractivity contribution in [3.8, 4) is 0 Å². The molecule has 0 heterocycles. The minimum atomic E-state index is -1.42. The maximum Gasteiger partial charge on any atom is 1.00 e. The zero-order valence-electron chi connectivity index (χ0n) is 11.1. The van der Waals surface area contributed by atoms with Gasteiger partial charge in [0.1, 0.15) is 5.82 Å². The van der Waals surface area contributed by atoms with Gasteiger partial charge in [-0.15, -0.1) is 0 Å². The van der Waals surface area contributed by atoms with Crippen LogP contribution in [0.5, 0.6) is 0 Å². The van der Waals surface area contributed by atoms with E-state index in [4.69, 9.17) is 5.11 Å². The number of rotatable bonds is 5. The van der Waals surface area contributed by atoms with Gasteiger partial charge in [-0.3, -0.25) is 4.79 Å². The number of halogens is 2. The largest absolute Gasteiger partial charge is 1.00 e. The third-order valence-electron chi connectivity index (χ3n) is 2.53. The van der Waals surface area contributed by atoms with E-state index in [1.165, 1.54) is 12.1 Å². The third-order valence-corrected chi connectivity index (χ3v) is 3.14. The topological polar surface area (TPSA) is 89.5 Å². The quantitative estimate of drug-likeness (QED) is 0.564. The second-order valence-electron chi connectivity index (χ2n) is 4.03. The fourth-order valence-electron chi connectivity index (χ4n) is 1.46. The van der Waals surface area contributed by atoms with Gasteiger partial charge in [0.2, 0.25) is 5.91 Å². The maximum absolute atomic E-state index is 13.2. The van der Waals surface area contributed by atoms with E-state index in [1.54, 1.807) is 6.92 Å². The molecule has 1 rings (SSSR count). The molecule has 0 spiro atoms. The summed E-state index contributed by atoms with van der Waals surface area (Å²) in [7, 11) is 0. The fraction of sp³-hybridized carbons (Fsp3) is 0.333. The molecule has 104 valence electrons. The Morgan fingerprint density at radius 3 is 2.60 bits per heavy atom. The number of aliphatic carboxylic acids is 1. The van der Waals surface area contributed by atoms with Crippen LogP contribution < -0.4 is 61.8 Å². The van der Waals surface area contributed by atoms with Crippen LogP contribution in [0.15, 0.2) is 16.6 Å². The predicted octanol–water partition coefficient (Wildman–Crippen LogP) is -2.41. The molecule has 0 aliphatic rings.